The molecule has 0 atom stereocenters. The molecule has 1 saturated heterocycles. The molecule has 1 aromatic heterocycles. The van der Waals surface area contributed by atoms with Crippen LogP contribution in [0.25, 0.3) is 0 Å². The Balaban J connectivity index is 2.06. The van der Waals surface area contributed by atoms with Crippen LogP contribution in [0.2, 0.25) is 0 Å². The van der Waals surface area contributed by atoms with Gasteiger partial charge in [0.1, 0.15) is 6.10 Å². The second kappa shape index (κ2) is 3.06. The standard InChI is InChI=1S/C8H9FN2O/c9-7-2-1-3-11-8(7)12-6-4-10-5-6/h1-3,6,10H,4-5H2. The van der Waals surface area contributed by atoms with Crippen LogP contribution < -0.4 is 10.1 Å². The summed E-state index contributed by atoms with van der Waals surface area (Å²) in [6, 6.07) is 2.88. The highest BCUT2D eigenvalue weighted by atomic mass is 19.1. The Kier molecular flexibility index (Phi) is 1.91. The molecular formula is C8H9FN2O. The summed E-state index contributed by atoms with van der Waals surface area (Å²) in [6.45, 7) is 1.55. The van der Waals surface area contributed by atoms with Gasteiger partial charge in [-0.05, 0) is 12.1 Å². The smallest absolute Gasteiger partial charge is 0.250 e. The lowest BCUT2D eigenvalue weighted by molar-refractivity contribution is 0.130. The summed E-state index contributed by atoms with van der Waals surface area (Å²) in [5.74, 6) is -0.298. The molecule has 0 bridgehead atoms. The van der Waals surface area contributed by atoms with Crippen LogP contribution in [0.5, 0.6) is 5.88 Å². The minimum absolute atomic E-state index is 0.0781. The Labute approximate surface area is 69.6 Å². The van der Waals surface area contributed by atoms with E-state index in [-0.39, 0.29) is 12.0 Å². The van der Waals surface area contributed by atoms with E-state index in [0.29, 0.717) is 0 Å². The van der Waals surface area contributed by atoms with Crippen LogP contribution in [0.1, 0.15) is 0 Å². The van der Waals surface area contributed by atoms with Crippen molar-refractivity contribution in [3.63, 3.8) is 0 Å². The fraction of sp³-hybridized carbons (Fsp3) is 0.375. The van der Waals surface area contributed by atoms with Crippen molar-refractivity contribution in [1.82, 2.24) is 10.3 Å². The number of hydrogen-bond acceptors (Lipinski definition) is 3. The SMILES string of the molecule is Fc1cccnc1OC1CNC1. The summed E-state index contributed by atoms with van der Waals surface area (Å²) in [6.07, 6.45) is 1.60. The molecule has 2 heterocycles. The van der Waals surface area contributed by atoms with Crippen LogP contribution >= 0.6 is 0 Å². The van der Waals surface area contributed by atoms with Gasteiger partial charge in [-0.1, -0.05) is 0 Å². The monoisotopic (exact) mass is 168 g/mol. The molecule has 2 rings (SSSR count). The summed E-state index contributed by atoms with van der Waals surface area (Å²) in [5, 5.41) is 3.03. The van der Waals surface area contributed by atoms with E-state index in [2.05, 4.69) is 10.3 Å². The molecule has 4 heteroatoms. The number of nitrogens with one attached hydrogen (secondary N) is 1. The summed E-state index contributed by atoms with van der Waals surface area (Å²) >= 11 is 0. The van der Waals surface area contributed by atoms with Gasteiger partial charge in [0, 0.05) is 19.3 Å². The molecule has 1 aliphatic rings. The lowest BCUT2D eigenvalue weighted by atomic mass is 10.2. The maximum absolute atomic E-state index is 12.9. The predicted molar refractivity (Wildman–Crippen MR) is 41.5 cm³/mol. The molecule has 0 radical (unpaired) electrons. The van der Waals surface area contributed by atoms with Crippen LogP contribution in [0.4, 0.5) is 4.39 Å². The van der Waals surface area contributed by atoms with E-state index in [4.69, 9.17) is 4.74 Å². The third-order valence-corrected chi connectivity index (χ3v) is 1.75. The van der Waals surface area contributed by atoms with E-state index in [1.807, 2.05) is 0 Å². The van der Waals surface area contributed by atoms with E-state index in [9.17, 15) is 4.39 Å². The Morgan fingerprint density at radius 1 is 1.58 bits per heavy atom. The van der Waals surface area contributed by atoms with Gasteiger partial charge in [0.2, 0.25) is 0 Å². The highest BCUT2D eigenvalue weighted by molar-refractivity contribution is 5.13. The number of hydrogen-bond donors (Lipinski definition) is 1. The van der Waals surface area contributed by atoms with E-state index in [0.717, 1.165) is 13.1 Å². The first-order chi connectivity index (χ1) is 5.86. The number of pyridine rings is 1. The molecule has 3 nitrogen and oxygen atoms in total. The first-order valence-electron chi connectivity index (χ1n) is 3.84. The molecule has 1 aromatic rings. The topological polar surface area (TPSA) is 34.1 Å². The van der Waals surface area contributed by atoms with Crippen molar-refractivity contribution >= 4 is 0 Å². The summed E-state index contributed by atoms with van der Waals surface area (Å²) in [5.41, 5.74) is 0. The van der Waals surface area contributed by atoms with Gasteiger partial charge in [-0.15, -0.1) is 0 Å². The Bertz CT molecular complexity index is 276. The van der Waals surface area contributed by atoms with Crippen molar-refractivity contribution in [2.24, 2.45) is 0 Å². The number of aromatic nitrogens is 1. The molecule has 1 N–H and O–H groups in total. The van der Waals surface area contributed by atoms with Crippen LogP contribution in [0, 0.1) is 5.82 Å². The fourth-order valence-corrected chi connectivity index (χ4v) is 0.961. The van der Waals surface area contributed by atoms with Crippen molar-refractivity contribution < 1.29 is 9.13 Å². The molecule has 12 heavy (non-hydrogen) atoms. The van der Waals surface area contributed by atoms with Gasteiger partial charge < -0.3 is 10.1 Å². The first kappa shape index (κ1) is 7.49. The molecule has 0 aliphatic carbocycles. The Hall–Kier alpha value is -1.16. The second-order valence-corrected chi connectivity index (χ2v) is 2.69. The fourth-order valence-electron chi connectivity index (χ4n) is 0.961. The highest BCUT2D eigenvalue weighted by Gasteiger charge is 2.20. The number of rotatable bonds is 2. The van der Waals surface area contributed by atoms with Gasteiger partial charge in [-0.25, -0.2) is 9.37 Å². The average Bonchev–Trinajstić information content (AvgIpc) is 2.00. The average molecular weight is 168 g/mol. The van der Waals surface area contributed by atoms with Gasteiger partial charge in [0.05, 0.1) is 0 Å². The van der Waals surface area contributed by atoms with Crippen LogP contribution in [0.3, 0.4) is 0 Å². The van der Waals surface area contributed by atoms with E-state index in [1.54, 1.807) is 6.07 Å². The van der Waals surface area contributed by atoms with Gasteiger partial charge >= 0.3 is 0 Å². The molecule has 64 valence electrons. The minimum Gasteiger partial charge on any atom is -0.470 e. The van der Waals surface area contributed by atoms with E-state index in [1.165, 1.54) is 12.3 Å². The number of nitrogens with zero attached hydrogens (tertiary/aromatic N) is 1. The number of ether oxygens (including phenoxy) is 1. The van der Waals surface area contributed by atoms with Gasteiger partial charge in [-0.3, -0.25) is 0 Å². The van der Waals surface area contributed by atoms with Crippen LogP contribution in [0.15, 0.2) is 18.3 Å². The summed E-state index contributed by atoms with van der Waals surface area (Å²) in [4.78, 5) is 3.78. The maximum Gasteiger partial charge on any atom is 0.250 e. The lowest BCUT2D eigenvalue weighted by Crippen LogP contribution is -2.50. The van der Waals surface area contributed by atoms with Crippen LogP contribution in [-0.4, -0.2) is 24.2 Å². The minimum atomic E-state index is -0.399. The van der Waals surface area contributed by atoms with E-state index >= 15 is 0 Å². The molecule has 0 unspecified atom stereocenters. The summed E-state index contributed by atoms with van der Waals surface area (Å²) in [7, 11) is 0. The van der Waals surface area contributed by atoms with E-state index < -0.39 is 5.82 Å². The van der Waals surface area contributed by atoms with Gasteiger partial charge in [0.25, 0.3) is 5.88 Å². The zero-order valence-electron chi connectivity index (χ0n) is 6.46. The third-order valence-electron chi connectivity index (χ3n) is 1.75. The van der Waals surface area contributed by atoms with Crippen molar-refractivity contribution in [1.29, 1.82) is 0 Å². The molecule has 0 aromatic carbocycles. The quantitative estimate of drug-likeness (QED) is 0.701. The molecule has 0 amide bonds. The number of halogens is 1. The van der Waals surface area contributed by atoms with Crippen molar-refractivity contribution in [3.05, 3.63) is 24.1 Å². The first-order valence-corrected chi connectivity index (χ1v) is 3.84. The molecule has 1 fully saturated rings. The normalized spacial score (nSPS) is 17.1. The highest BCUT2D eigenvalue weighted by Crippen LogP contribution is 2.14. The Morgan fingerprint density at radius 2 is 2.42 bits per heavy atom. The molecule has 0 saturated carbocycles. The zero-order valence-corrected chi connectivity index (χ0v) is 6.46. The third kappa shape index (κ3) is 1.38. The molecule has 0 spiro atoms. The van der Waals surface area contributed by atoms with Crippen molar-refractivity contribution in [3.8, 4) is 5.88 Å². The predicted octanol–water partition coefficient (Wildman–Crippen LogP) is 0.571. The maximum atomic E-state index is 12.9. The van der Waals surface area contributed by atoms with Gasteiger partial charge in [0.15, 0.2) is 5.82 Å². The second-order valence-electron chi connectivity index (χ2n) is 2.69. The largest absolute Gasteiger partial charge is 0.470 e. The van der Waals surface area contributed by atoms with Crippen LogP contribution in [-0.2, 0) is 0 Å². The van der Waals surface area contributed by atoms with Crippen molar-refractivity contribution in [2.75, 3.05) is 13.1 Å². The molecular weight excluding hydrogens is 159 g/mol. The lowest BCUT2D eigenvalue weighted by Gasteiger charge is -2.27. The summed E-state index contributed by atoms with van der Waals surface area (Å²) < 4.78 is 18.1. The van der Waals surface area contributed by atoms with Gasteiger partial charge in [-0.2, -0.15) is 0 Å². The molecule has 1 aliphatic heterocycles. The zero-order chi connectivity index (χ0) is 8.39. The van der Waals surface area contributed by atoms with Crippen molar-refractivity contribution in [2.45, 2.75) is 6.10 Å². The Morgan fingerprint density at radius 3 is 3.00 bits per heavy atom.